The maximum absolute atomic E-state index is 8.67. The molecule has 0 fully saturated rings. The van der Waals surface area contributed by atoms with Crippen LogP contribution in [0.1, 0.15) is 0 Å². The van der Waals surface area contributed by atoms with Crippen LogP contribution in [0.4, 0.5) is 0 Å². The predicted octanol–water partition coefficient (Wildman–Crippen LogP) is -3.12. The van der Waals surface area contributed by atoms with Gasteiger partial charge >= 0.3 is 61.2 Å². The molecule has 0 aliphatic carbocycles. The summed E-state index contributed by atoms with van der Waals surface area (Å²) in [6.45, 7) is 0. The molecule has 0 atom stereocenters. The van der Waals surface area contributed by atoms with Crippen LogP contribution < -0.4 is 0 Å². The van der Waals surface area contributed by atoms with Crippen LogP contribution in [-0.4, -0.2) is 76.2 Å². The molecule has 0 heterocycles. The molecule has 0 aliphatic heterocycles. The molecule has 0 aromatic carbocycles. The minimum atomic E-state index is -2.61. The van der Waals surface area contributed by atoms with Crippen molar-refractivity contribution in [1.82, 2.24) is 0 Å². The third-order valence-electron chi connectivity index (χ3n) is 0. The molecule has 6 nitrogen and oxygen atoms in total. The average molecular weight is 202 g/mol. The molecular weight excluding hydrogens is 195 g/mol. The Hall–Kier alpha value is 1.42. The summed E-state index contributed by atoms with van der Waals surface area (Å²) in [5, 5.41) is 0. The molecule has 9 heteroatoms. The van der Waals surface area contributed by atoms with E-state index >= 15 is 0 Å². The van der Waals surface area contributed by atoms with Crippen molar-refractivity contribution < 1.29 is 26.8 Å². The molecule has 0 spiro atoms. The fraction of sp³-hybridized carbons (Fsp3) is 0. The summed E-state index contributed by atoms with van der Waals surface area (Å²) >= 11 is -4.11. The predicted molar refractivity (Wildman–Crippen MR) is 34.2 cm³/mol. The summed E-state index contributed by atoms with van der Waals surface area (Å²) in [6, 6.07) is 0. The van der Waals surface area contributed by atoms with Gasteiger partial charge in [0, 0.05) is 0 Å². The quantitative estimate of drug-likeness (QED) is 0.283. The Balaban J connectivity index is -0.0000000233. The Morgan fingerprint density at radius 2 is 1.33 bits per heavy atom. The van der Waals surface area contributed by atoms with Crippen molar-refractivity contribution in [3.05, 3.63) is 0 Å². The van der Waals surface area contributed by atoms with Crippen LogP contribution >= 0.6 is 0 Å². The van der Waals surface area contributed by atoms with E-state index in [0.29, 0.717) is 0 Å². The van der Waals surface area contributed by atoms with Crippen LogP contribution in [0.15, 0.2) is 0 Å². The van der Waals surface area contributed by atoms with E-state index in [-0.39, 0.29) is 43.2 Å². The fourth-order valence-corrected chi connectivity index (χ4v) is 0. The van der Waals surface area contributed by atoms with Gasteiger partial charge in [-0.1, -0.05) is 0 Å². The first-order chi connectivity index (χ1) is 3.15. The second-order valence-electron chi connectivity index (χ2n) is 0.336. The first-order valence-corrected chi connectivity index (χ1v) is 3.08. The van der Waals surface area contributed by atoms with Crippen LogP contribution in [-0.2, 0) is 15.2 Å². The van der Waals surface area contributed by atoms with E-state index < -0.39 is 26.8 Å². The molecule has 5 N–H and O–H groups in total. The Labute approximate surface area is 90.3 Å². The normalized spacial score (nSPS) is 4.78. The van der Waals surface area contributed by atoms with E-state index in [2.05, 4.69) is 0 Å². The zero-order chi connectivity index (χ0) is 6.28. The van der Waals surface area contributed by atoms with Gasteiger partial charge in [-0.25, -0.2) is 0 Å². The summed E-state index contributed by atoms with van der Waals surface area (Å²) in [5.74, 6) is 0. The van der Waals surface area contributed by atoms with Gasteiger partial charge in [0.05, 0.1) is 0 Å². The Kier molecular flexibility index (Phi) is 56.7. The second-order valence-corrected chi connectivity index (χ2v) is 1.01. The van der Waals surface area contributed by atoms with Gasteiger partial charge in [-0.3, -0.25) is 9.11 Å². The summed E-state index contributed by atoms with van der Waals surface area (Å²) < 4.78 is 38.5. The van der Waals surface area contributed by atoms with E-state index in [1.54, 1.807) is 0 Å². The van der Waals surface area contributed by atoms with Gasteiger partial charge in [0.25, 0.3) is 11.4 Å². The van der Waals surface area contributed by atoms with Crippen LogP contribution in [0.3, 0.4) is 0 Å². The van der Waals surface area contributed by atoms with Crippen LogP contribution in [0.25, 0.3) is 0 Å². The van der Waals surface area contributed by atoms with Crippen LogP contribution in [0.5, 0.6) is 0 Å². The first-order valence-electron chi connectivity index (χ1n) is 1.03. The van der Waals surface area contributed by atoms with Crippen molar-refractivity contribution in [2.45, 2.75) is 0 Å². The van der Waals surface area contributed by atoms with Crippen molar-refractivity contribution in [2.75, 3.05) is 0 Å². The monoisotopic (exact) mass is 202 g/mol. The van der Waals surface area contributed by atoms with Crippen molar-refractivity contribution >= 4 is 64.6 Å². The van der Waals surface area contributed by atoms with Gasteiger partial charge in [0.15, 0.2) is 0 Å². The molecule has 0 saturated heterocycles. The second kappa shape index (κ2) is 22.7. The summed E-state index contributed by atoms with van der Waals surface area (Å²) in [7, 11) is 0. The van der Waals surface area contributed by atoms with Gasteiger partial charge in [-0.2, -0.15) is 4.21 Å². The summed E-state index contributed by atoms with van der Waals surface area (Å²) in [4.78, 5) is 0. The molecule has 0 amide bonds. The maximum atomic E-state index is 8.67. The van der Waals surface area contributed by atoms with E-state index in [1.807, 2.05) is 0 Å². The topological polar surface area (TPSA) is 126 Å². The Morgan fingerprint density at radius 3 is 1.33 bits per heavy atom. The van der Waals surface area contributed by atoms with Gasteiger partial charge in [-0.15, -0.1) is 0 Å². The molecule has 0 aliphatic rings. The van der Waals surface area contributed by atoms with Crippen LogP contribution in [0, 0.1) is 0 Å². The fourth-order valence-electron chi connectivity index (χ4n) is 0. The van der Waals surface area contributed by atoms with Crippen molar-refractivity contribution in [2.24, 2.45) is 0 Å². The van der Waals surface area contributed by atoms with E-state index in [4.69, 9.17) is 21.3 Å². The zero-order valence-electron chi connectivity index (χ0n) is 3.64. The Bertz CT molecular complexity index is 60.1. The van der Waals surface area contributed by atoms with Crippen LogP contribution in [0.2, 0.25) is 0 Å². The molecule has 9 heavy (non-hydrogen) atoms. The van der Waals surface area contributed by atoms with Crippen molar-refractivity contribution in [1.29, 1.82) is 0 Å². The Morgan fingerprint density at radius 1 is 1.33 bits per heavy atom. The van der Waals surface area contributed by atoms with E-state index in [0.717, 1.165) is 0 Å². The van der Waals surface area contributed by atoms with E-state index in [9.17, 15) is 0 Å². The molecule has 0 aromatic rings. The standard InChI is InChI=1S/Al.Ca.H2O3S.2H2O.O.2H/c;;1-4(2)3;;;;;/h;;(H2,1,2,3);2*1H2;;;/q+1;;;;;;;/p-1. The third-order valence-corrected chi connectivity index (χ3v) is 0. The van der Waals surface area contributed by atoms with Crippen molar-refractivity contribution in [3.63, 3.8) is 0 Å². The molecule has 0 bridgehead atoms. The van der Waals surface area contributed by atoms with Crippen molar-refractivity contribution in [3.8, 4) is 0 Å². The molecule has 0 rings (SSSR count). The summed E-state index contributed by atoms with van der Waals surface area (Å²) in [6.07, 6.45) is 0. The van der Waals surface area contributed by atoms with Gasteiger partial charge < -0.3 is 5.48 Å². The van der Waals surface area contributed by atoms with E-state index in [1.165, 1.54) is 0 Å². The van der Waals surface area contributed by atoms with Gasteiger partial charge in [0.1, 0.15) is 0 Å². The minimum absolute atomic E-state index is 0. The molecule has 0 saturated carbocycles. The summed E-state index contributed by atoms with van der Waals surface area (Å²) in [5.41, 5.74) is 0. The number of hydrogen-bond acceptors (Lipinski definition) is 2. The number of hydrogen-bond donors (Lipinski definition) is 3. The average Bonchev–Trinajstić information content (AvgIpc) is 1.33. The molecule has 0 aromatic heterocycles. The van der Waals surface area contributed by atoms with Gasteiger partial charge in [-0.05, 0) is 0 Å². The third kappa shape index (κ3) is 257. The molecule has 54 valence electrons. The first kappa shape index (κ1) is 22.4. The molecule has 0 unspecified atom stereocenters. The zero-order valence-corrected chi connectivity index (χ0v) is 5.61. The SMILES string of the molecule is O.O=S(O)O.[CaH2].[O]=[Al][OH]. The molecule has 0 radical (unpaired) electrons. The number of rotatable bonds is 0. The molecular formula is H7AlCaO6S. The van der Waals surface area contributed by atoms with Gasteiger partial charge in [0.2, 0.25) is 0 Å².